The third-order valence-electron chi connectivity index (χ3n) is 7.50. The van der Waals surface area contributed by atoms with Gasteiger partial charge in [-0.25, -0.2) is 0 Å². The highest BCUT2D eigenvalue weighted by atomic mass is 15.1. The predicted molar refractivity (Wildman–Crippen MR) is 189 cm³/mol. The molecular weight excluding hydrogens is 518 g/mol. The molecule has 5 aromatic rings. The molecule has 0 fully saturated rings. The second-order valence-electron chi connectivity index (χ2n) is 11.0. The maximum absolute atomic E-state index is 2.36. The fraction of sp³-hybridized carbons (Fsp3) is 0.0952. The van der Waals surface area contributed by atoms with E-state index < -0.39 is 0 Å². The van der Waals surface area contributed by atoms with Gasteiger partial charge < -0.3 is 4.90 Å². The molecule has 212 valence electrons. The van der Waals surface area contributed by atoms with Crippen molar-refractivity contribution in [2.24, 2.45) is 0 Å². The summed E-state index contributed by atoms with van der Waals surface area (Å²) in [6.07, 6.45) is 16.9. The molecule has 43 heavy (non-hydrogen) atoms. The lowest BCUT2D eigenvalue weighted by molar-refractivity contribution is 1.22. The maximum atomic E-state index is 2.36. The number of hydrogen-bond acceptors (Lipinski definition) is 1. The molecular formula is C42H39N. The van der Waals surface area contributed by atoms with Gasteiger partial charge in [-0.2, -0.15) is 0 Å². The minimum Gasteiger partial charge on any atom is -0.310 e. The number of benzene rings is 5. The molecule has 0 bridgehead atoms. The molecule has 1 nitrogen and oxygen atoms in total. The summed E-state index contributed by atoms with van der Waals surface area (Å²) in [5.41, 5.74) is 13.3. The molecule has 0 saturated carbocycles. The van der Waals surface area contributed by atoms with Crippen molar-refractivity contribution >= 4 is 41.4 Å². The highest BCUT2D eigenvalue weighted by Crippen LogP contribution is 2.38. The lowest BCUT2D eigenvalue weighted by atomic mass is 10.0. The first-order chi connectivity index (χ1) is 21.0. The smallest absolute Gasteiger partial charge is 0.0519 e. The summed E-state index contributed by atoms with van der Waals surface area (Å²) in [7, 11) is 0. The topological polar surface area (TPSA) is 3.24 Å². The van der Waals surface area contributed by atoms with Gasteiger partial charge in [0.05, 0.1) is 5.69 Å². The molecule has 0 aromatic heterocycles. The Labute approximate surface area is 257 Å². The van der Waals surface area contributed by atoms with E-state index in [1.54, 1.807) is 0 Å². The Morgan fingerprint density at radius 3 is 1.00 bits per heavy atom. The third kappa shape index (κ3) is 7.99. The number of aryl methyl sites for hydroxylation is 4. The molecule has 0 aliphatic heterocycles. The molecule has 0 unspecified atom stereocenters. The van der Waals surface area contributed by atoms with Crippen LogP contribution in [-0.4, -0.2) is 0 Å². The van der Waals surface area contributed by atoms with Crippen molar-refractivity contribution in [3.8, 4) is 0 Å². The quantitative estimate of drug-likeness (QED) is 0.163. The first-order valence-corrected chi connectivity index (χ1v) is 14.9. The predicted octanol–water partition coefficient (Wildman–Crippen LogP) is 11.8. The van der Waals surface area contributed by atoms with Crippen LogP contribution in [-0.2, 0) is 0 Å². The maximum Gasteiger partial charge on any atom is 0.0519 e. The van der Waals surface area contributed by atoms with E-state index in [0.717, 1.165) is 22.5 Å². The summed E-state index contributed by atoms with van der Waals surface area (Å²) in [4.78, 5) is 2.36. The van der Waals surface area contributed by atoms with Gasteiger partial charge >= 0.3 is 0 Å². The van der Waals surface area contributed by atoms with E-state index in [1.807, 2.05) is 0 Å². The van der Waals surface area contributed by atoms with Crippen molar-refractivity contribution in [1.29, 1.82) is 0 Å². The highest BCUT2D eigenvalue weighted by molar-refractivity contribution is 5.81. The molecule has 5 aromatic carbocycles. The van der Waals surface area contributed by atoms with Crippen molar-refractivity contribution in [2.75, 3.05) is 4.90 Å². The van der Waals surface area contributed by atoms with E-state index in [9.17, 15) is 0 Å². The van der Waals surface area contributed by atoms with Gasteiger partial charge in [-0.1, -0.05) is 151 Å². The van der Waals surface area contributed by atoms with Gasteiger partial charge in [0.25, 0.3) is 0 Å². The fourth-order valence-electron chi connectivity index (χ4n) is 5.06. The fourth-order valence-corrected chi connectivity index (χ4v) is 5.06. The van der Waals surface area contributed by atoms with Crippen LogP contribution in [0.1, 0.15) is 44.5 Å². The largest absolute Gasteiger partial charge is 0.310 e. The SMILES string of the molecule is Cc1ccc(/C=C/C=C/c2ccc(N(c3ccc(/C=C/C=C/c4ccc(C)cc4)cc3)c3c(C)cccc3C)cc2)cc1. The first-order valence-electron chi connectivity index (χ1n) is 14.9. The van der Waals surface area contributed by atoms with Crippen LogP contribution in [0.15, 0.2) is 140 Å². The Morgan fingerprint density at radius 1 is 0.372 bits per heavy atom. The summed E-state index contributed by atoms with van der Waals surface area (Å²) in [5, 5.41) is 0. The van der Waals surface area contributed by atoms with Crippen LogP contribution in [0.25, 0.3) is 24.3 Å². The Morgan fingerprint density at radius 2 is 0.674 bits per heavy atom. The standard InChI is InChI=1S/C42H39N/c1-32-16-20-36(21-17-32)12-5-7-14-38-24-28-40(29-25-38)43(42-34(3)10-9-11-35(42)4)41-30-26-39(27-31-41)15-8-6-13-37-22-18-33(2)19-23-37/h5-31H,1-4H3/b12-5+,13-6+,14-7+,15-8+. The van der Waals surface area contributed by atoms with Crippen LogP contribution < -0.4 is 4.90 Å². The minimum atomic E-state index is 1.13. The van der Waals surface area contributed by atoms with Gasteiger partial charge in [0.15, 0.2) is 0 Å². The Kier molecular flexibility index (Phi) is 9.67. The van der Waals surface area contributed by atoms with Crippen LogP contribution in [0.5, 0.6) is 0 Å². The molecule has 0 aliphatic rings. The van der Waals surface area contributed by atoms with Crippen LogP contribution in [0.2, 0.25) is 0 Å². The second-order valence-corrected chi connectivity index (χ2v) is 11.0. The molecule has 0 amide bonds. The summed E-state index contributed by atoms with van der Waals surface area (Å²) in [6.45, 7) is 8.59. The third-order valence-corrected chi connectivity index (χ3v) is 7.50. The molecule has 0 spiro atoms. The van der Waals surface area contributed by atoms with Crippen molar-refractivity contribution < 1.29 is 0 Å². The van der Waals surface area contributed by atoms with E-state index in [-0.39, 0.29) is 0 Å². The lowest BCUT2D eigenvalue weighted by Gasteiger charge is -2.29. The van der Waals surface area contributed by atoms with Crippen molar-refractivity contribution in [1.82, 2.24) is 0 Å². The van der Waals surface area contributed by atoms with Gasteiger partial charge in [-0.05, 0) is 85.3 Å². The van der Waals surface area contributed by atoms with Crippen LogP contribution in [0, 0.1) is 27.7 Å². The molecule has 1 heteroatoms. The van der Waals surface area contributed by atoms with Crippen LogP contribution in [0.3, 0.4) is 0 Å². The molecule has 0 N–H and O–H groups in total. The second kappa shape index (κ2) is 14.2. The van der Waals surface area contributed by atoms with Crippen LogP contribution in [0.4, 0.5) is 17.1 Å². The average molecular weight is 558 g/mol. The number of nitrogens with zero attached hydrogens (tertiary/aromatic N) is 1. The molecule has 0 radical (unpaired) electrons. The van der Waals surface area contributed by atoms with Gasteiger partial charge in [-0.15, -0.1) is 0 Å². The van der Waals surface area contributed by atoms with Crippen molar-refractivity contribution in [3.05, 3.63) is 184 Å². The molecule has 0 heterocycles. The Balaban J connectivity index is 1.35. The number of anilines is 3. The summed E-state index contributed by atoms with van der Waals surface area (Å²) in [5.74, 6) is 0. The lowest BCUT2D eigenvalue weighted by Crippen LogP contribution is -2.12. The van der Waals surface area contributed by atoms with Gasteiger partial charge in [0, 0.05) is 11.4 Å². The molecule has 0 atom stereocenters. The monoisotopic (exact) mass is 557 g/mol. The van der Waals surface area contributed by atoms with E-state index in [0.29, 0.717) is 0 Å². The first kappa shape index (κ1) is 29.4. The van der Waals surface area contributed by atoms with Gasteiger partial charge in [-0.3, -0.25) is 0 Å². The van der Waals surface area contributed by atoms with Crippen LogP contribution >= 0.6 is 0 Å². The van der Waals surface area contributed by atoms with Crippen molar-refractivity contribution in [3.63, 3.8) is 0 Å². The van der Waals surface area contributed by atoms with Gasteiger partial charge in [0.2, 0.25) is 0 Å². The number of para-hydroxylation sites is 1. The zero-order chi connectivity index (χ0) is 30.0. The average Bonchev–Trinajstić information content (AvgIpc) is 3.02. The van der Waals surface area contributed by atoms with E-state index >= 15 is 0 Å². The van der Waals surface area contributed by atoms with E-state index in [4.69, 9.17) is 0 Å². The Hall–Kier alpha value is -5.14. The molecule has 5 rings (SSSR count). The van der Waals surface area contributed by atoms with Gasteiger partial charge in [0.1, 0.15) is 0 Å². The summed E-state index contributed by atoms with van der Waals surface area (Å²) in [6, 6.07) is 41.2. The van der Waals surface area contributed by atoms with E-state index in [2.05, 4.69) is 196 Å². The van der Waals surface area contributed by atoms with E-state index in [1.165, 1.54) is 39.1 Å². The highest BCUT2D eigenvalue weighted by Gasteiger charge is 2.16. The Bertz CT molecular complexity index is 1620. The number of hydrogen-bond donors (Lipinski definition) is 0. The summed E-state index contributed by atoms with van der Waals surface area (Å²) < 4.78 is 0. The zero-order valence-electron chi connectivity index (χ0n) is 25.5. The van der Waals surface area contributed by atoms with Crippen molar-refractivity contribution in [2.45, 2.75) is 27.7 Å². The minimum absolute atomic E-state index is 1.13. The molecule has 0 saturated heterocycles. The number of allylic oxidation sites excluding steroid dienone is 4. The molecule has 0 aliphatic carbocycles. The summed E-state index contributed by atoms with van der Waals surface area (Å²) >= 11 is 0. The normalized spacial score (nSPS) is 11.8. The number of rotatable bonds is 9. The zero-order valence-corrected chi connectivity index (χ0v) is 25.5.